The first-order valence-corrected chi connectivity index (χ1v) is 5.40. The van der Waals surface area contributed by atoms with Crippen molar-refractivity contribution in [2.45, 2.75) is 38.6 Å². The lowest BCUT2D eigenvalue weighted by Crippen LogP contribution is -2.44. The van der Waals surface area contributed by atoms with Gasteiger partial charge in [0, 0.05) is 12.6 Å². The van der Waals surface area contributed by atoms with E-state index >= 15 is 0 Å². The third-order valence-corrected chi connectivity index (χ3v) is 2.75. The Morgan fingerprint density at radius 3 is 2.33 bits per heavy atom. The Hall–Kier alpha value is -1.26. The molecule has 0 heterocycles. The second kappa shape index (κ2) is 5.58. The van der Waals surface area contributed by atoms with Crippen LogP contribution in [0.25, 0.3) is 0 Å². The van der Waals surface area contributed by atoms with Gasteiger partial charge in [-0.05, 0) is 32.6 Å². The Balaban J connectivity index is 2.25. The van der Waals surface area contributed by atoms with Gasteiger partial charge in [-0.2, -0.15) is 0 Å². The monoisotopic (exact) mass is 214 g/mol. The summed E-state index contributed by atoms with van der Waals surface area (Å²) < 4.78 is 0. The topological polar surface area (TPSA) is 78.4 Å². The highest BCUT2D eigenvalue weighted by atomic mass is 16.4. The molecule has 0 radical (unpaired) electrons. The van der Waals surface area contributed by atoms with Crippen LogP contribution in [0.4, 0.5) is 4.79 Å². The van der Waals surface area contributed by atoms with E-state index in [9.17, 15) is 9.59 Å². The first-order chi connectivity index (χ1) is 7.13. The van der Waals surface area contributed by atoms with Crippen molar-refractivity contribution in [2.75, 3.05) is 6.54 Å². The van der Waals surface area contributed by atoms with Crippen molar-refractivity contribution in [1.29, 1.82) is 0 Å². The van der Waals surface area contributed by atoms with Gasteiger partial charge in [-0.25, -0.2) is 4.79 Å². The summed E-state index contributed by atoms with van der Waals surface area (Å²) in [6, 6.07) is -0.0246. The van der Waals surface area contributed by atoms with Crippen LogP contribution in [0.5, 0.6) is 0 Å². The highest BCUT2D eigenvalue weighted by Gasteiger charge is 2.26. The molecular weight excluding hydrogens is 196 g/mol. The molecule has 1 fully saturated rings. The van der Waals surface area contributed by atoms with Gasteiger partial charge in [0.2, 0.25) is 0 Å². The lowest BCUT2D eigenvalue weighted by atomic mass is 9.86. The lowest BCUT2D eigenvalue weighted by Gasteiger charge is -2.26. The van der Waals surface area contributed by atoms with E-state index in [1.54, 1.807) is 0 Å². The number of hydrogen-bond donors (Lipinski definition) is 3. The van der Waals surface area contributed by atoms with Crippen LogP contribution >= 0.6 is 0 Å². The molecule has 2 amide bonds. The molecule has 1 aliphatic carbocycles. The Bertz CT molecular complexity index is 235. The number of carboxylic acids is 1. The molecule has 0 aromatic rings. The highest BCUT2D eigenvalue weighted by molar-refractivity contribution is 5.74. The zero-order valence-corrected chi connectivity index (χ0v) is 8.95. The number of carbonyl (C=O) groups excluding carboxylic acids is 1. The first kappa shape index (κ1) is 11.8. The van der Waals surface area contributed by atoms with Gasteiger partial charge in [-0.15, -0.1) is 0 Å². The van der Waals surface area contributed by atoms with E-state index in [1.165, 1.54) is 0 Å². The predicted octanol–water partition coefficient (Wildman–Crippen LogP) is 0.949. The van der Waals surface area contributed by atoms with Gasteiger partial charge in [-0.1, -0.05) is 0 Å². The third kappa shape index (κ3) is 3.77. The summed E-state index contributed by atoms with van der Waals surface area (Å²) in [4.78, 5) is 21.9. The molecule has 1 saturated carbocycles. The van der Waals surface area contributed by atoms with Crippen molar-refractivity contribution in [2.24, 2.45) is 5.92 Å². The van der Waals surface area contributed by atoms with E-state index in [1.807, 2.05) is 6.92 Å². The van der Waals surface area contributed by atoms with E-state index in [-0.39, 0.29) is 18.0 Å². The number of carbonyl (C=O) groups is 2. The molecule has 86 valence electrons. The average molecular weight is 214 g/mol. The second-order valence-corrected chi connectivity index (χ2v) is 3.89. The molecule has 0 aliphatic heterocycles. The minimum atomic E-state index is -0.716. The normalized spacial score (nSPS) is 25.7. The van der Waals surface area contributed by atoms with E-state index in [2.05, 4.69) is 10.6 Å². The van der Waals surface area contributed by atoms with Crippen LogP contribution in [0.15, 0.2) is 0 Å². The van der Waals surface area contributed by atoms with Gasteiger partial charge in [0.1, 0.15) is 0 Å². The molecule has 5 heteroatoms. The van der Waals surface area contributed by atoms with Crippen LogP contribution in [-0.2, 0) is 4.79 Å². The molecule has 0 aromatic heterocycles. The standard InChI is InChI=1S/C10H18N2O3/c1-2-11-10(15)12-8-5-3-7(4-6-8)9(13)14/h7-8H,2-6H2,1H3,(H,13,14)(H2,11,12,15). The molecule has 0 unspecified atom stereocenters. The van der Waals surface area contributed by atoms with Gasteiger partial charge < -0.3 is 15.7 Å². The summed E-state index contributed by atoms with van der Waals surface area (Å²) in [5.74, 6) is -0.941. The van der Waals surface area contributed by atoms with Crippen LogP contribution in [0, 0.1) is 5.92 Å². The van der Waals surface area contributed by atoms with Crippen LogP contribution in [0.2, 0.25) is 0 Å². The van der Waals surface area contributed by atoms with Gasteiger partial charge in [-0.3, -0.25) is 4.79 Å². The van der Waals surface area contributed by atoms with Gasteiger partial charge in [0.15, 0.2) is 0 Å². The molecular formula is C10H18N2O3. The summed E-state index contributed by atoms with van der Waals surface area (Å²) in [6.07, 6.45) is 2.83. The van der Waals surface area contributed by atoms with Crippen LogP contribution in [-0.4, -0.2) is 29.7 Å². The molecule has 0 spiro atoms. The third-order valence-electron chi connectivity index (χ3n) is 2.75. The summed E-state index contributed by atoms with van der Waals surface area (Å²) in [5.41, 5.74) is 0. The van der Waals surface area contributed by atoms with Crippen molar-refractivity contribution in [3.05, 3.63) is 0 Å². The van der Waals surface area contributed by atoms with Gasteiger partial charge in [0.05, 0.1) is 5.92 Å². The number of carboxylic acid groups (broad SMARTS) is 1. The molecule has 0 saturated heterocycles. The molecule has 15 heavy (non-hydrogen) atoms. The molecule has 0 bridgehead atoms. The van der Waals surface area contributed by atoms with E-state index in [4.69, 9.17) is 5.11 Å². The zero-order valence-electron chi connectivity index (χ0n) is 8.95. The fourth-order valence-corrected chi connectivity index (χ4v) is 1.88. The highest BCUT2D eigenvalue weighted by Crippen LogP contribution is 2.24. The Morgan fingerprint density at radius 2 is 1.87 bits per heavy atom. The van der Waals surface area contributed by atoms with E-state index in [0.717, 1.165) is 12.8 Å². The fourth-order valence-electron chi connectivity index (χ4n) is 1.88. The van der Waals surface area contributed by atoms with Crippen molar-refractivity contribution < 1.29 is 14.7 Å². The zero-order chi connectivity index (χ0) is 11.3. The van der Waals surface area contributed by atoms with E-state index < -0.39 is 5.97 Å². The summed E-state index contributed by atoms with van der Waals surface area (Å²) in [7, 11) is 0. The Labute approximate surface area is 89.2 Å². The van der Waals surface area contributed by atoms with Crippen molar-refractivity contribution in [3.63, 3.8) is 0 Å². The number of rotatable bonds is 3. The molecule has 0 aromatic carbocycles. The smallest absolute Gasteiger partial charge is 0.314 e. The SMILES string of the molecule is CCNC(=O)NC1CCC(C(=O)O)CC1. The first-order valence-electron chi connectivity index (χ1n) is 5.40. The lowest BCUT2D eigenvalue weighted by molar-refractivity contribution is -0.142. The summed E-state index contributed by atoms with van der Waals surface area (Å²) in [5, 5.41) is 14.3. The van der Waals surface area contributed by atoms with E-state index in [0.29, 0.717) is 19.4 Å². The van der Waals surface area contributed by atoms with Crippen LogP contribution < -0.4 is 10.6 Å². The number of hydrogen-bond acceptors (Lipinski definition) is 2. The molecule has 1 rings (SSSR count). The fraction of sp³-hybridized carbons (Fsp3) is 0.800. The number of amides is 2. The minimum Gasteiger partial charge on any atom is -0.481 e. The molecule has 5 nitrogen and oxygen atoms in total. The maximum absolute atomic E-state index is 11.2. The molecule has 1 aliphatic rings. The summed E-state index contributed by atoms with van der Waals surface area (Å²) >= 11 is 0. The average Bonchev–Trinajstić information content (AvgIpc) is 2.18. The maximum atomic E-state index is 11.2. The minimum absolute atomic E-state index is 0.132. The number of nitrogens with one attached hydrogen (secondary N) is 2. The summed E-state index contributed by atoms with van der Waals surface area (Å²) in [6.45, 7) is 2.47. The van der Waals surface area contributed by atoms with Crippen molar-refractivity contribution >= 4 is 12.0 Å². The second-order valence-electron chi connectivity index (χ2n) is 3.89. The largest absolute Gasteiger partial charge is 0.481 e. The Kier molecular flexibility index (Phi) is 4.39. The number of urea groups is 1. The molecule has 3 N–H and O–H groups in total. The predicted molar refractivity (Wildman–Crippen MR) is 55.6 cm³/mol. The van der Waals surface area contributed by atoms with Gasteiger partial charge >= 0.3 is 12.0 Å². The van der Waals surface area contributed by atoms with Gasteiger partial charge in [0.25, 0.3) is 0 Å². The number of aliphatic carboxylic acids is 1. The molecule has 0 atom stereocenters. The quantitative estimate of drug-likeness (QED) is 0.654. The van der Waals surface area contributed by atoms with Crippen LogP contribution in [0.3, 0.4) is 0 Å². The van der Waals surface area contributed by atoms with Crippen molar-refractivity contribution in [3.8, 4) is 0 Å². The maximum Gasteiger partial charge on any atom is 0.314 e. The Morgan fingerprint density at radius 1 is 1.27 bits per heavy atom. The van der Waals surface area contributed by atoms with Crippen molar-refractivity contribution in [1.82, 2.24) is 10.6 Å². The van der Waals surface area contributed by atoms with Crippen LogP contribution in [0.1, 0.15) is 32.6 Å².